The lowest BCUT2D eigenvalue weighted by Crippen LogP contribution is -2.08. The smallest absolute Gasteiger partial charge is 0.343 e. The number of anilines is 1. The highest BCUT2D eigenvalue weighted by Crippen LogP contribution is 2.16. The van der Waals surface area contributed by atoms with Gasteiger partial charge in [-0.3, -0.25) is 5.43 Å². The molecule has 0 aliphatic carbocycles. The van der Waals surface area contributed by atoms with Crippen molar-refractivity contribution < 1.29 is 9.53 Å². The monoisotopic (exact) mass is 350 g/mol. The van der Waals surface area contributed by atoms with Gasteiger partial charge in [-0.25, -0.2) is 4.79 Å². The van der Waals surface area contributed by atoms with Gasteiger partial charge in [0.1, 0.15) is 5.75 Å². The second kappa shape index (κ2) is 8.13. The number of hydrogen-bond donors (Lipinski definition) is 1. The summed E-state index contributed by atoms with van der Waals surface area (Å²) in [5, 5.41) is 4.74. The molecule has 1 N–H and O–H groups in total. The van der Waals surface area contributed by atoms with Crippen LogP contribution in [0.5, 0.6) is 5.75 Å². The average Bonchev–Trinajstić information content (AvgIpc) is 2.63. The maximum absolute atomic E-state index is 12.1. The van der Waals surface area contributed by atoms with Gasteiger partial charge in [0.05, 0.1) is 17.5 Å². The summed E-state index contributed by atoms with van der Waals surface area (Å²) in [6, 6.07) is 23.3. The predicted molar refractivity (Wildman–Crippen MR) is 101 cm³/mol. The molecule has 0 atom stereocenters. The summed E-state index contributed by atoms with van der Waals surface area (Å²) in [7, 11) is 0. The largest absolute Gasteiger partial charge is 0.423 e. The normalized spacial score (nSPS) is 10.6. The van der Waals surface area contributed by atoms with Gasteiger partial charge in [0, 0.05) is 5.02 Å². The van der Waals surface area contributed by atoms with Crippen LogP contribution in [-0.4, -0.2) is 12.2 Å². The molecule has 0 bridgehead atoms. The van der Waals surface area contributed by atoms with Gasteiger partial charge in [0.25, 0.3) is 0 Å². The second-order valence-corrected chi connectivity index (χ2v) is 5.64. The fraction of sp³-hybridized carbons (Fsp3) is 0. The number of carbonyl (C=O) groups is 1. The van der Waals surface area contributed by atoms with Gasteiger partial charge in [-0.2, -0.15) is 5.10 Å². The number of para-hydroxylation sites is 1. The highest BCUT2D eigenvalue weighted by molar-refractivity contribution is 6.30. The molecule has 0 fully saturated rings. The Morgan fingerprint density at radius 3 is 2.48 bits per heavy atom. The number of hydrazone groups is 1. The van der Waals surface area contributed by atoms with Crippen LogP contribution in [0.15, 0.2) is 84.0 Å². The van der Waals surface area contributed by atoms with E-state index in [2.05, 4.69) is 10.5 Å². The van der Waals surface area contributed by atoms with Crippen molar-refractivity contribution >= 4 is 29.5 Å². The maximum atomic E-state index is 12.1. The zero-order chi connectivity index (χ0) is 17.5. The van der Waals surface area contributed by atoms with Gasteiger partial charge in [0.2, 0.25) is 0 Å². The minimum atomic E-state index is -0.437. The van der Waals surface area contributed by atoms with Crippen LogP contribution >= 0.6 is 11.6 Å². The summed E-state index contributed by atoms with van der Waals surface area (Å²) in [5.41, 5.74) is 5.08. The fourth-order valence-electron chi connectivity index (χ4n) is 2.10. The zero-order valence-corrected chi connectivity index (χ0v) is 14.0. The Hall–Kier alpha value is -3.11. The molecule has 4 nitrogen and oxygen atoms in total. The summed E-state index contributed by atoms with van der Waals surface area (Å²) < 4.78 is 5.38. The molecule has 0 aliphatic heterocycles. The number of hydrogen-bond acceptors (Lipinski definition) is 4. The predicted octanol–water partition coefficient (Wildman–Crippen LogP) is 5.01. The minimum Gasteiger partial charge on any atom is -0.423 e. The lowest BCUT2D eigenvalue weighted by atomic mass is 10.2. The van der Waals surface area contributed by atoms with Gasteiger partial charge in [0.15, 0.2) is 0 Å². The van der Waals surface area contributed by atoms with Crippen molar-refractivity contribution in [3.05, 3.63) is 95.0 Å². The number of nitrogens with one attached hydrogen (secondary N) is 1. The van der Waals surface area contributed by atoms with Crippen LogP contribution < -0.4 is 10.2 Å². The number of halogens is 1. The maximum Gasteiger partial charge on any atom is 0.343 e. The number of rotatable bonds is 5. The number of carbonyl (C=O) groups excluding carboxylic acids is 1. The van der Waals surface area contributed by atoms with Gasteiger partial charge >= 0.3 is 5.97 Å². The van der Waals surface area contributed by atoms with Crippen molar-refractivity contribution in [2.45, 2.75) is 0 Å². The van der Waals surface area contributed by atoms with Crippen LogP contribution in [0.3, 0.4) is 0 Å². The van der Waals surface area contributed by atoms with E-state index >= 15 is 0 Å². The van der Waals surface area contributed by atoms with Crippen molar-refractivity contribution in [1.29, 1.82) is 0 Å². The number of nitrogens with zero attached hydrogens (tertiary/aromatic N) is 1. The first-order valence-electron chi connectivity index (χ1n) is 7.63. The van der Waals surface area contributed by atoms with E-state index in [0.29, 0.717) is 16.3 Å². The van der Waals surface area contributed by atoms with Crippen LogP contribution in [0, 0.1) is 0 Å². The molecule has 25 heavy (non-hydrogen) atoms. The van der Waals surface area contributed by atoms with Crippen molar-refractivity contribution in [3.63, 3.8) is 0 Å². The molecule has 0 aliphatic rings. The summed E-state index contributed by atoms with van der Waals surface area (Å²) in [6.07, 6.45) is 1.66. The van der Waals surface area contributed by atoms with Crippen LogP contribution in [-0.2, 0) is 0 Å². The van der Waals surface area contributed by atoms with Gasteiger partial charge in [-0.05, 0) is 54.1 Å². The second-order valence-electron chi connectivity index (χ2n) is 5.20. The molecular formula is C20H15ClN2O2. The zero-order valence-electron chi connectivity index (χ0n) is 13.2. The molecule has 0 saturated heterocycles. The van der Waals surface area contributed by atoms with E-state index in [0.717, 1.165) is 11.3 Å². The number of ether oxygens (including phenoxy) is 1. The Balaban J connectivity index is 1.64. The average molecular weight is 351 g/mol. The molecule has 0 amide bonds. The number of esters is 1. The third-order valence-electron chi connectivity index (χ3n) is 3.33. The third-order valence-corrected chi connectivity index (χ3v) is 3.58. The molecule has 3 rings (SSSR count). The first kappa shape index (κ1) is 16.7. The Labute approximate surface area is 150 Å². The molecule has 0 saturated carbocycles. The third kappa shape index (κ3) is 4.93. The molecule has 0 spiro atoms. The van der Waals surface area contributed by atoms with Crippen LogP contribution in [0.25, 0.3) is 0 Å². The van der Waals surface area contributed by atoms with E-state index in [1.807, 2.05) is 36.4 Å². The van der Waals surface area contributed by atoms with E-state index in [9.17, 15) is 4.79 Å². The molecular weight excluding hydrogens is 336 g/mol. The molecule has 0 heterocycles. The summed E-state index contributed by atoms with van der Waals surface area (Å²) in [6.45, 7) is 0. The van der Waals surface area contributed by atoms with Gasteiger partial charge in [-0.1, -0.05) is 41.9 Å². The van der Waals surface area contributed by atoms with Crippen LogP contribution in [0.1, 0.15) is 15.9 Å². The topological polar surface area (TPSA) is 50.7 Å². The first-order valence-corrected chi connectivity index (χ1v) is 8.00. The molecule has 0 radical (unpaired) electrons. The minimum absolute atomic E-state index is 0.437. The van der Waals surface area contributed by atoms with E-state index in [1.165, 1.54) is 0 Å². The molecule has 124 valence electrons. The van der Waals surface area contributed by atoms with Crippen LogP contribution in [0.4, 0.5) is 5.69 Å². The van der Waals surface area contributed by atoms with E-state index < -0.39 is 5.97 Å². The summed E-state index contributed by atoms with van der Waals surface area (Å²) in [5.74, 6) is 0.0109. The van der Waals surface area contributed by atoms with Crippen molar-refractivity contribution in [1.82, 2.24) is 0 Å². The summed E-state index contributed by atoms with van der Waals surface area (Å²) >= 11 is 5.82. The van der Waals surface area contributed by atoms with E-state index in [4.69, 9.17) is 16.3 Å². The number of benzene rings is 3. The Bertz CT molecular complexity index is 878. The quantitative estimate of drug-likeness (QED) is 0.305. The van der Waals surface area contributed by atoms with Gasteiger partial charge < -0.3 is 4.74 Å². The molecule has 0 unspecified atom stereocenters. The molecule has 3 aromatic carbocycles. The van der Waals surface area contributed by atoms with E-state index in [1.54, 1.807) is 48.7 Å². The standard InChI is InChI=1S/C20H15ClN2O2/c21-17-11-9-16(10-12-17)20(24)25-19-8-4-5-15(13-19)14-22-23-18-6-2-1-3-7-18/h1-14,23H. The Morgan fingerprint density at radius 1 is 0.960 bits per heavy atom. The molecule has 0 aromatic heterocycles. The van der Waals surface area contributed by atoms with Gasteiger partial charge in [-0.15, -0.1) is 0 Å². The van der Waals surface area contributed by atoms with E-state index in [-0.39, 0.29) is 0 Å². The van der Waals surface area contributed by atoms with Crippen molar-refractivity contribution in [3.8, 4) is 5.75 Å². The van der Waals surface area contributed by atoms with Crippen molar-refractivity contribution in [2.75, 3.05) is 5.43 Å². The van der Waals surface area contributed by atoms with Crippen LogP contribution in [0.2, 0.25) is 5.02 Å². The molecule has 3 aromatic rings. The lowest BCUT2D eigenvalue weighted by molar-refractivity contribution is 0.0735. The first-order chi connectivity index (χ1) is 12.2. The van der Waals surface area contributed by atoms with Crippen molar-refractivity contribution in [2.24, 2.45) is 5.10 Å². The molecule has 5 heteroatoms. The highest BCUT2D eigenvalue weighted by atomic mass is 35.5. The lowest BCUT2D eigenvalue weighted by Gasteiger charge is -2.05. The summed E-state index contributed by atoms with van der Waals surface area (Å²) in [4.78, 5) is 12.1. The Morgan fingerprint density at radius 2 is 1.72 bits per heavy atom. The fourth-order valence-corrected chi connectivity index (χ4v) is 2.23. The Kier molecular flexibility index (Phi) is 5.44. The SMILES string of the molecule is O=C(Oc1cccc(C=NNc2ccccc2)c1)c1ccc(Cl)cc1. The highest BCUT2D eigenvalue weighted by Gasteiger charge is 2.08.